The summed E-state index contributed by atoms with van der Waals surface area (Å²) in [5.74, 6) is 1.12. The van der Waals surface area contributed by atoms with Gasteiger partial charge in [-0.1, -0.05) is 13.3 Å². The highest BCUT2D eigenvalue weighted by Crippen LogP contribution is 2.26. The number of hydrogen-bond donors (Lipinski definition) is 1. The van der Waals surface area contributed by atoms with Crippen LogP contribution in [0.1, 0.15) is 19.8 Å². The van der Waals surface area contributed by atoms with Crippen LogP contribution in [-0.4, -0.2) is 38.0 Å². The molecule has 0 aromatic heterocycles. The molecule has 2 unspecified atom stereocenters. The summed E-state index contributed by atoms with van der Waals surface area (Å²) in [6.45, 7) is 4.05. The zero-order chi connectivity index (χ0) is 9.84. The zero-order valence-electron chi connectivity index (χ0n) is 8.84. The van der Waals surface area contributed by atoms with Gasteiger partial charge in [0.1, 0.15) is 0 Å². The number of carbonyl (C=O) groups excluding carboxylic acids is 1. The van der Waals surface area contributed by atoms with Crippen molar-refractivity contribution in [1.29, 1.82) is 0 Å². The highest BCUT2D eigenvalue weighted by atomic mass is 16.2. The minimum absolute atomic E-state index is 0.266. The molecule has 1 aliphatic heterocycles. The molecule has 3 nitrogen and oxygen atoms in total. The van der Waals surface area contributed by atoms with Crippen LogP contribution in [-0.2, 0) is 4.79 Å². The lowest BCUT2D eigenvalue weighted by atomic mass is 9.89. The molecule has 0 saturated carbocycles. The summed E-state index contributed by atoms with van der Waals surface area (Å²) in [6.07, 6.45) is 2.13. The third kappa shape index (κ3) is 2.21. The Kier molecular flexibility index (Phi) is 3.72. The highest BCUT2D eigenvalue weighted by molar-refractivity contribution is 5.80. The van der Waals surface area contributed by atoms with E-state index < -0.39 is 0 Å². The fourth-order valence-corrected chi connectivity index (χ4v) is 2.12. The summed E-state index contributed by atoms with van der Waals surface area (Å²) < 4.78 is 0. The van der Waals surface area contributed by atoms with Gasteiger partial charge in [0, 0.05) is 19.5 Å². The molecule has 1 saturated heterocycles. The number of likely N-dealkylation sites (tertiary alicyclic amines) is 1. The van der Waals surface area contributed by atoms with Crippen molar-refractivity contribution < 1.29 is 4.79 Å². The number of hydrogen-bond acceptors (Lipinski definition) is 2. The second-order valence-corrected chi connectivity index (χ2v) is 3.88. The summed E-state index contributed by atoms with van der Waals surface area (Å²) >= 11 is 0. The number of nitrogens with one attached hydrogen (secondary N) is 1. The summed E-state index contributed by atoms with van der Waals surface area (Å²) in [4.78, 5) is 13.5. The smallest absolute Gasteiger partial charge is 0.225 e. The van der Waals surface area contributed by atoms with E-state index >= 15 is 0 Å². The van der Waals surface area contributed by atoms with E-state index in [2.05, 4.69) is 12.2 Å². The summed E-state index contributed by atoms with van der Waals surface area (Å²) in [5.41, 5.74) is 0. The van der Waals surface area contributed by atoms with Gasteiger partial charge in [0.05, 0.1) is 0 Å². The second kappa shape index (κ2) is 4.61. The van der Waals surface area contributed by atoms with E-state index in [0.29, 0.717) is 11.8 Å². The van der Waals surface area contributed by atoms with Crippen LogP contribution < -0.4 is 5.32 Å². The van der Waals surface area contributed by atoms with E-state index in [1.165, 1.54) is 0 Å². The Morgan fingerprint density at radius 3 is 2.77 bits per heavy atom. The van der Waals surface area contributed by atoms with Gasteiger partial charge in [-0.05, 0) is 25.9 Å². The van der Waals surface area contributed by atoms with Crippen LogP contribution in [0.2, 0.25) is 0 Å². The van der Waals surface area contributed by atoms with E-state index in [0.717, 1.165) is 25.9 Å². The van der Waals surface area contributed by atoms with Crippen molar-refractivity contribution in [3.8, 4) is 0 Å². The topological polar surface area (TPSA) is 32.3 Å². The highest BCUT2D eigenvalue weighted by Gasteiger charge is 2.33. The summed E-state index contributed by atoms with van der Waals surface area (Å²) in [6, 6.07) is 0. The van der Waals surface area contributed by atoms with Crippen LogP contribution in [0.25, 0.3) is 0 Å². The maximum Gasteiger partial charge on any atom is 0.225 e. The Morgan fingerprint density at radius 2 is 2.38 bits per heavy atom. The van der Waals surface area contributed by atoms with Gasteiger partial charge < -0.3 is 10.2 Å². The molecular weight excluding hydrogens is 164 g/mol. The second-order valence-electron chi connectivity index (χ2n) is 3.88. The molecule has 2 atom stereocenters. The van der Waals surface area contributed by atoms with E-state index in [1.807, 2.05) is 19.0 Å². The molecule has 0 aliphatic carbocycles. The van der Waals surface area contributed by atoms with Crippen LogP contribution >= 0.6 is 0 Å². The Hall–Kier alpha value is -0.570. The number of nitrogens with zero attached hydrogens (tertiary/aromatic N) is 1. The first-order chi connectivity index (χ1) is 6.20. The number of rotatable bonds is 4. The zero-order valence-corrected chi connectivity index (χ0v) is 8.84. The maximum atomic E-state index is 11.7. The van der Waals surface area contributed by atoms with E-state index in [-0.39, 0.29) is 5.92 Å². The van der Waals surface area contributed by atoms with E-state index in [1.54, 1.807) is 0 Å². The van der Waals surface area contributed by atoms with Crippen molar-refractivity contribution in [1.82, 2.24) is 10.2 Å². The first-order valence-corrected chi connectivity index (χ1v) is 5.10. The normalized spacial score (nSPS) is 25.3. The molecule has 0 bridgehead atoms. The first kappa shape index (κ1) is 10.5. The molecule has 0 aromatic carbocycles. The fraction of sp³-hybridized carbons (Fsp3) is 0.900. The maximum absolute atomic E-state index is 11.7. The van der Waals surface area contributed by atoms with Gasteiger partial charge >= 0.3 is 0 Å². The van der Waals surface area contributed by atoms with Crippen molar-refractivity contribution in [2.24, 2.45) is 11.8 Å². The third-order valence-corrected chi connectivity index (χ3v) is 3.03. The first-order valence-electron chi connectivity index (χ1n) is 5.10. The largest absolute Gasteiger partial charge is 0.345 e. The number of carbonyl (C=O) groups is 1. The molecule has 0 aromatic rings. The minimum atomic E-state index is 0.266. The van der Waals surface area contributed by atoms with Crippen molar-refractivity contribution in [2.45, 2.75) is 19.8 Å². The van der Waals surface area contributed by atoms with E-state index in [9.17, 15) is 4.79 Å². The molecule has 3 heteroatoms. The molecule has 1 aliphatic rings. The number of amides is 1. The Balaban J connectivity index is 2.54. The quantitative estimate of drug-likeness (QED) is 0.698. The van der Waals surface area contributed by atoms with Gasteiger partial charge in [0.2, 0.25) is 5.91 Å². The SMILES string of the molecule is CCC(CNC)C1CCN(C)C1=O. The third-order valence-electron chi connectivity index (χ3n) is 3.03. The van der Waals surface area contributed by atoms with Gasteiger partial charge in [-0.2, -0.15) is 0 Å². The lowest BCUT2D eigenvalue weighted by molar-refractivity contribution is -0.131. The van der Waals surface area contributed by atoms with Crippen molar-refractivity contribution >= 4 is 5.91 Å². The van der Waals surface area contributed by atoms with Crippen LogP contribution in [0.15, 0.2) is 0 Å². The van der Waals surface area contributed by atoms with Crippen molar-refractivity contribution in [2.75, 3.05) is 27.2 Å². The molecule has 1 amide bonds. The average Bonchev–Trinajstić information content (AvgIpc) is 2.45. The van der Waals surface area contributed by atoms with Gasteiger partial charge in [0.25, 0.3) is 0 Å². The Morgan fingerprint density at radius 1 is 1.69 bits per heavy atom. The molecule has 1 rings (SSSR count). The summed E-state index contributed by atoms with van der Waals surface area (Å²) in [5, 5.41) is 3.16. The van der Waals surface area contributed by atoms with Gasteiger partial charge in [0.15, 0.2) is 0 Å². The fourth-order valence-electron chi connectivity index (χ4n) is 2.12. The molecule has 13 heavy (non-hydrogen) atoms. The minimum Gasteiger partial charge on any atom is -0.345 e. The van der Waals surface area contributed by atoms with Crippen LogP contribution in [0.3, 0.4) is 0 Å². The molecular formula is C10H20N2O. The predicted octanol–water partition coefficient (Wildman–Crippen LogP) is 0.710. The van der Waals surface area contributed by atoms with Crippen LogP contribution in [0.5, 0.6) is 0 Å². The van der Waals surface area contributed by atoms with Crippen LogP contribution in [0.4, 0.5) is 0 Å². The monoisotopic (exact) mass is 184 g/mol. The van der Waals surface area contributed by atoms with Gasteiger partial charge in [-0.3, -0.25) is 4.79 Å². The average molecular weight is 184 g/mol. The summed E-state index contributed by atoms with van der Waals surface area (Å²) in [7, 11) is 3.85. The molecule has 1 fully saturated rings. The van der Waals surface area contributed by atoms with Crippen molar-refractivity contribution in [3.05, 3.63) is 0 Å². The lowest BCUT2D eigenvalue weighted by Gasteiger charge is -2.20. The molecule has 1 N–H and O–H groups in total. The molecule has 76 valence electrons. The molecule has 0 spiro atoms. The Labute approximate surface area is 80.5 Å². The lowest BCUT2D eigenvalue weighted by Crippen LogP contribution is -2.31. The van der Waals surface area contributed by atoms with Gasteiger partial charge in [-0.25, -0.2) is 0 Å². The van der Waals surface area contributed by atoms with Gasteiger partial charge in [-0.15, -0.1) is 0 Å². The predicted molar refractivity (Wildman–Crippen MR) is 53.5 cm³/mol. The van der Waals surface area contributed by atoms with Crippen molar-refractivity contribution in [3.63, 3.8) is 0 Å². The van der Waals surface area contributed by atoms with E-state index in [4.69, 9.17) is 0 Å². The Bertz CT molecular complexity index is 182. The standard InChI is InChI=1S/C10H20N2O/c1-4-8(7-11-2)9-5-6-12(3)10(9)13/h8-9,11H,4-7H2,1-3H3. The molecule has 1 heterocycles. The van der Waals surface area contributed by atoms with Crippen LogP contribution in [0, 0.1) is 11.8 Å². The molecule has 0 radical (unpaired) electrons.